The zero-order valence-electron chi connectivity index (χ0n) is 10.1. The highest BCUT2D eigenvalue weighted by Gasteiger charge is 2.19. The van der Waals surface area contributed by atoms with E-state index < -0.39 is 10.0 Å². The first-order valence-electron chi connectivity index (χ1n) is 5.91. The molecule has 1 aromatic heterocycles. The quantitative estimate of drug-likeness (QED) is 0.843. The molecule has 0 aromatic carbocycles. The molecule has 8 heteroatoms. The summed E-state index contributed by atoms with van der Waals surface area (Å²) < 4.78 is 31.9. The van der Waals surface area contributed by atoms with E-state index in [2.05, 4.69) is 9.71 Å². The smallest absolute Gasteiger partial charge is 0.242 e. The van der Waals surface area contributed by atoms with Gasteiger partial charge in [0.05, 0.1) is 11.1 Å². The fourth-order valence-electron chi connectivity index (χ4n) is 1.86. The molecule has 0 amide bonds. The van der Waals surface area contributed by atoms with Gasteiger partial charge >= 0.3 is 0 Å². The van der Waals surface area contributed by atoms with Gasteiger partial charge in [-0.25, -0.2) is 18.1 Å². The van der Waals surface area contributed by atoms with E-state index in [1.807, 2.05) is 0 Å². The Morgan fingerprint density at radius 1 is 1.47 bits per heavy atom. The summed E-state index contributed by atoms with van der Waals surface area (Å²) in [5.74, 6) is 0. The van der Waals surface area contributed by atoms with Gasteiger partial charge in [-0.1, -0.05) is 23.2 Å². The van der Waals surface area contributed by atoms with Gasteiger partial charge in [-0.3, -0.25) is 0 Å². The van der Waals surface area contributed by atoms with Crippen LogP contribution in [0, 0.1) is 0 Å². The van der Waals surface area contributed by atoms with Crippen molar-refractivity contribution in [3.63, 3.8) is 0 Å². The van der Waals surface area contributed by atoms with Crippen LogP contribution >= 0.6 is 23.2 Å². The molecule has 1 aliphatic heterocycles. The van der Waals surface area contributed by atoms with E-state index >= 15 is 0 Å². The van der Waals surface area contributed by atoms with Crippen molar-refractivity contribution in [1.82, 2.24) is 9.71 Å². The van der Waals surface area contributed by atoms with E-state index in [1.54, 1.807) is 0 Å². The molecule has 0 saturated carbocycles. The maximum absolute atomic E-state index is 12.0. The summed E-state index contributed by atoms with van der Waals surface area (Å²) in [5, 5.41) is 0.198. The Morgan fingerprint density at radius 2 is 2.26 bits per heavy atom. The summed E-state index contributed by atoms with van der Waals surface area (Å²) in [6.07, 6.45) is 4.01. The number of hydrogen-bond donors (Lipinski definition) is 1. The maximum Gasteiger partial charge on any atom is 0.242 e. The van der Waals surface area contributed by atoms with Crippen LogP contribution in [0.15, 0.2) is 17.2 Å². The molecule has 1 fully saturated rings. The van der Waals surface area contributed by atoms with Crippen LogP contribution in [0.5, 0.6) is 0 Å². The Kier molecular flexibility index (Phi) is 5.03. The first kappa shape index (κ1) is 15.0. The van der Waals surface area contributed by atoms with Crippen molar-refractivity contribution in [1.29, 1.82) is 0 Å². The Hall–Kier alpha value is -0.400. The monoisotopic (exact) mass is 324 g/mol. The Morgan fingerprint density at radius 3 is 2.89 bits per heavy atom. The van der Waals surface area contributed by atoms with Gasteiger partial charge in [-0.05, 0) is 25.3 Å². The van der Waals surface area contributed by atoms with E-state index in [0.717, 1.165) is 19.4 Å². The molecule has 5 nitrogen and oxygen atoms in total. The normalized spacial score (nSPS) is 19.8. The second kappa shape index (κ2) is 6.37. The SMILES string of the molecule is O=S(=O)(NCC[C@H]1CCCO1)c1cnc(Cl)c(Cl)c1. The lowest BCUT2D eigenvalue weighted by Crippen LogP contribution is -2.27. The number of hydrogen-bond acceptors (Lipinski definition) is 4. The standard InChI is InChI=1S/C11H14Cl2N2O3S/c12-10-6-9(7-14-11(10)13)19(16,17)15-4-3-8-2-1-5-18-8/h6-8,15H,1-5H2/t8-/m1/s1. The lowest BCUT2D eigenvalue weighted by Gasteiger charge is -2.10. The third-order valence-corrected chi connectivity index (χ3v) is 4.98. The average molecular weight is 325 g/mol. The Balaban J connectivity index is 1.95. The number of aromatic nitrogens is 1. The minimum absolute atomic E-state index is 0.00856. The molecular formula is C11H14Cl2N2O3S. The first-order valence-corrected chi connectivity index (χ1v) is 8.15. The molecule has 1 atom stereocenters. The molecular weight excluding hydrogens is 311 g/mol. The fraction of sp³-hybridized carbons (Fsp3) is 0.545. The summed E-state index contributed by atoms with van der Waals surface area (Å²) >= 11 is 11.4. The van der Waals surface area contributed by atoms with Crippen LogP contribution < -0.4 is 4.72 Å². The number of pyridine rings is 1. The molecule has 0 bridgehead atoms. The van der Waals surface area contributed by atoms with Crippen LogP contribution in [0.3, 0.4) is 0 Å². The lowest BCUT2D eigenvalue weighted by molar-refractivity contribution is 0.105. The molecule has 2 heterocycles. The third kappa shape index (κ3) is 4.03. The molecule has 0 aliphatic carbocycles. The van der Waals surface area contributed by atoms with E-state index in [1.165, 1.54) is 12.3 Å². The van der Waals surface area contributed by atoms with Crippen LogP contribution in [0.4, 0.5) is 0 Å². The second-order valence-electron chi connectivity index (χ2n) is 4.27. The van der Waals surface area contributed by atoms with Crippen molar-refractivity contribution < 1.29 is 13.2 Å². The zero-order chi connectivity index (χ0) is 13.9. The van der Waals surface area contributed by atoms with Gasteiger partial charge in [-0.2, -0.15) is 0 Å². The largest absolute Gasteiger partial charge is 0.378 e. The summed E-state index contributed by atoms with van der Waals surface area (Å²) in [4.78, 5) is 3.73. The van der Waals surface area contributed by atoms with Crippen LogP contribution in [0.1, 0.15) is 19.3 Å². The lowest BCUT2D eigenvalue weighted by atomic mass is 10.2. The van der Waals surface area contributed by atoms with Crippen molar-refractivity contribution in [3.8, 4) is 0 Å². The fourth-order valence-corrected chi connectivity index (χ4v) is 3.21. The predicted octanol–water partition coefficient (Wildman–Crippen LogP) is 2.24. The average Bonchev–Trinajstić information content (AvgIpc) is 2.85. The van der Waals surface area contributed by atoms with Crippen molar-refractivity contribution >= 4 is 33.2 Å². The molecule has 0 unspecified atom stereocenters. The van der Waals surface area contributed by atoms with Gasteiger partial charge in [-0.15, -0.1) is 0 Å². The molecule has 1 saturated heterocycles. The summed E-state index contributed by atoms with van der Waals surface area (Å²) in [6.45, 7) is 1.08. The first-order chi connectivity index (χ1) is 8.99. The molecule has 1 N–H and O–H groups in total. The number of sulfonamides is 1. The second-order valence-corrected chi connectivity index (χ2v) is 6.80. The van der Waals surface area contributed by atoms with Gasteiger partial charge in [0.25, 0.3) is 0 Å². The molecule has 2 rings (SSSR count). The highest BCUT2D eigenvalue weighted by molar-refractivity contribution is 7.89. The summed E-state index contributed by atoms with van der Waals surface area (Å²) in [5.41, 5.74) is 0. The van der Waals surface area contributed by atoms with Gasteiger partial charge < -0.3 is 4.74 Å². The molecule has 19 heavy (non-hydrogen) atoms. The summed E-state index contributed by atoms with van der Waals surface area (Å²) in [7, 11) is -3.60. The van der Waals surface area contributed by atoms with Gasteiger partial charge in [0.2, 0.25) is 10.0 Å². The third-order valence-electron chi connectivity index (χ3n) is 2.86. The molecule has 1 aliphatic rings. The van der Waals surface area contributed by atoms with E-state index in [9.17, 15) is 8.42 Å². The molecule has 106 valence electrons. The predicted molar refractivity (Wildman–Crippen MR) is 73.0 cm³/mol. The van der Waals surface area contributed by atoms with E-state index in [0.29, 0.717) is 13.0 Å². The van der Waals surface area contributed by atoms with Crippen LogP contribution in [-0.4, -0.2) is 32.7 Å². The van der Waals surface area contributed by atoms with Crippen molar-refractivity contribution in [2.75, 3.05) is 13.2 Å². The van der Waals surface area contributed by atoms with Crippen molar-refractivity contribution in [2.45, 2.75) is 30.3 Å². The van der Waals surface area contributed by atoms with Crippen LogP contribution in [-0.2, 0) is 14.8 Å². The molecule has 0 radical (unpaired) electrons. The van der Waals surface area contributed by atoms with E-state index in [4.69, 9.17) is 27.9 Å². The number of rotatable bonds is 5. The topological polar surface area (TPSA) is 68.3 Å². The maximum atomic E-state index is 12.0. The number of nitrogens with one attached hydrogen (secondary N) is 1. The number of halogens is 2. The Labute approximate surface area is 122 Å². The van der Waals surface area contributed by atoms with Crippen molar-refractivity contribution in [3.05, 3.63) is 22.4 Å². The number of nitrogens with zero attached hydrogens (tertiary/aromatic N) is 1. The molecule has 1 aromatic rings. The van der Waals surface area contributed by atoms with Gasteiger partial charge in [0, 0.05) is 19.3 Å². The Bertz CT molecular complexity index is 545. The minimum Gasteiger partial charge on any atom is -0.378 e. The van der Waals surface area contributed by atoms with Crippen molar-refractivity contribution in [2.24, 2.45) is 0 Å². The van der Waals surface area contributed by atoms with Crippen LogP contribution in [0.25, 0.3) is 0 Å². The highest BCUT2D eigenvalue weighted by atomic mass is 35.5. The van der Waals surface area contributed by atoms with Gasteiger partial charge in [0.1, 0.15) is 10.0 Å². The zero-order valence-corrected chi connectivity index (χ0v) is 12.4. The molecule has 0 spiro atoms. The van der Waals surface area contributed by atoms with E-state index in [-0.39, 0.29) is 21.2 Å². The van der Waals surface area contributed by atoms with Crippen LogP contribution in [0.2, 0.25) is 10.2 Å². The number of ether oxygens (including phenoxy) is 1. The summed E-state index contributed by atoms with van der Waals surface area (Å²) in [6, 6.07) is 1.28. The van der Waals surface area contributed by atoms with Gasteiger partial charge in [0.15, 0.2) is 0 Å². The highest BCUT2D eigenvalue weighted by Crippen LogP contribution is 2.22. The minimum atomic E-state index is -3.60.